The van der Waals surface area contributed by atoms with Crippen LogP contribution in [0.3, 0.4) is 0 Å². The van der Waals surface area contributed by atoms with E-state index >= 15 is 0 Å². The molecule has 1 aromatic carbocycles. The number of rotatable bonds is 3. The number of aliphatic carboxylic acids is 1. The van der Waals surface area contributed by atoms with Crippen molar-refractivity contribution in [1.29, 1.82) is 0 Å². The highest BCUT2D eigenvalue weighted by Crippen LogP contribution is 2.29. The number of carboxylic acid groups (broad SMARTS) is 1. The van der Waals surface area contributed by atoms with Crippen molar-refractivity contribution in [2.45, 2.75) is 44.2 Å². The summed E-state index contributed by atoms with van der Waals surface area (Å²) >= 11 is 0. The van der Waals surface area contributed by atoms with Gasteiger partial charge in [-0.3, -0.25) is 4.79 Å². The fraction of sp³-hybridized carbons (Fsp3) is 0.529. The number of amides is 1. The summed E-state index contributed by atoms with van der Waals surface area (Å²) in [6.07, 6.45) is 3.64. The van der Waals surface area contributed by atoms with Gasteiger partial charge in [-0.2, -0.15) is 0 Å². The average molecular weight is 318 g/mol. The van der Waals surface area contributed by atoms with Crippen LogP contribution in [0.25, 0.3) is 0 Å². The normalized spacial score (nSPS) is 19.8. The maximum atomic E-state index is 12.5. The molecule has 1 aromatic rings. The molecule has 1 amide bonds. The molecule has 1 aliphatic carbocycles. The van der Waals surface area contributed by atoms with Crippen LogP contribution >= 0.6 is 0 Å². The number of carbonyl (C=O) groups excluding carboxylic acids is 1. The Labute approximate surface area is 135 Å². The largest absolute Gasteiger partial charge is 0.492 e. The summed E-state index contributed by atoms with van der Waals surface area (Å²) in [5.74, 6) is -0.602. The Bertz CT molecular complexity index is 609. The number of hydrogen-bond acceptors (Lipinski definition) is 4. The molecule has 0 bridgehead atoms. The van der Waals surface area contributed by atoms with Gasteiger partial charge in [0.05, 0.1) is 0 Å². The first-order valence-corrected chi connectivity index (χ1v) is 8.13. The van der Waals surface area contributed by atoms with Crippen LogP contribution < -0.4 is 15.4 Å². The highest BCUT2D eigenvalue weighted by Gasteiger charge is 2.41. The fourth-order valence-corrected chi connectivity index (χ4v) is 3.27. The number of hydrogen-bond donors (Lipinski definition) is 3. The summed E-state index contributed by atoms with van der Waals surface area (Å²) in [5, 5.41) is 15.6. The zero-order valence-electron chi connectivity index (χ0n) is 13.1. The number of benzene rings is 1. The summed E-state index contributed by atoms with van der Waals surface area (Å²) in [6.45, 7) is 2.02. The second-order valence-corrected chi connectivity index (χ2v) is 6.25. The SMILES string of the molecule is O=C(NC1(C(=O)O)CCCCC1)c1ccc2c(c1)OCCNC2. The van der Waals surface area contributed by atoms with E-state index in [-0.39, 0.29) is 5.91 Å². The number of nitrogens with one attached hydrogen (secondary N) is 2. The van der Waals surface area contributed by atoms with Crippen LogP contribution in [0.2, 0.25) is 0 Å². The standard InChI is InChI=1S/C17H22N2O4/c20-15(19-17(16(21)22)6-2-1-3-7-17)12-4-5-13-11-18-8-9-23-14(13)10-12/h4-5,10,18H,1-3,6-9,11H2,(H,19,20)(H,21,22). The molecular formula is C17H22N2O4. The number of fused-ring (bicyclic) bond motifs is 1. The molecule has 124 valence electrons. The van der Waals surface area contributed by atoms with E-state index in [0.29, 0.717) is 37.3 Å². The molecule has 0 radical (unpaired) electrons. The Kier molecular flexibility index (Phi) is 4.52. The monoisotopic (exact) mass is 318 g/mol. The summed E-state index contributed by atoms with van der Waals surface area (Å²) in [6, 6.07) is 5.29. The van der Waals surface area contributed by atoms with E-state index in [1.807, 2.05) is 6.07 Å². The lowest BCUT2D eigenvalue weighted by Gasteiger charge is -2.34. The third-order valence-electron chi connectivity index (χ3n) is 4.65. The minimum atomic E-state index is -1.13. The van der Waals surface area contributed by atoms with E-state index in [0.717, 1.165) is 31.4 Å². The van der Waals surface area contributed by atoms with Crippen LogP contribution in [0, 0.1) is 0 Å². The molecular weight excluding hydrogens is 296 g/mol. The fourth-order valence-electron chi connectivity index (χ4n) is 3.27. The van der Waals surface area contributed by atoms with E-state index < -0.39 is 11.5 Å². The molecule has 23 heavy (non-hydrogen) atoms. The summed E-state index contributed by atoms with van der Waals surface area (Å²) in [4.78, 5) is 24.2. The molecule has 0 atom stereocenters. The van der Waals surface area contributed by atoms with Crippen molar-refractivity contribution in [2.24, 2.45) is 0 Å². The highest BCUT2D eigenvalue weighted by molar-refractivity contribution is 5.98. The van der Waals surface area contributed by atoms with Crippen molar-refractivity contribution in [3.8, 4) is 5.75 Å². The van der Waals surface area contributed by atoms with Crippen molar-refractivity contribution < 1.29 is 19.4 Å². The third kappa shape index (κ3) is 3.32. The summed E-state index contributed by atoms with van der Waals surface area (Å²) in [7, 11) is 0. The predicted octanol–water partition coefficient (Wildman–Crippen LogP) is 1.69. The minimum absolute atomic E-state index is 0.349. The quantitative estimate of drug-likeness (QED) is 0.789. The van der Waals surface area contributed by atoms with Crippen LogP contribution in [0.5, 0.6) is 5.75 Å². The van der Waals surface area contributed by atoms with Crippen molar-refractivity contribution >= 4 is 11.9 Å². The van der Waals surface area contributed by atoms with E-state index in [9.17, 15) is 14.7 Å². The first-order valence-electron chi connectivity index (χ1n) is 8.13. The van der Waals surface area contributed by atoms with E-state index in [1.165, 1.54) is 0 Å². The van der Waals surface area contributed by atoms with Crippen LogP contribution in [0.4, 0.5) is 0 Å². The van der Waals surface area contributed by atoms with Gasteiger partial charge in [0.25, 0.3) is 5.91 Å². The van der Waals surface area contributed by atoms with Crippen molar-refractivity contribution in [1.82, 2.24) is 10.6 Å². The molecule has 3 rings (SSSR count). The third-order valence-corrected chi connectivity index (χ3v) is 4.65. The van der Waals surface area contributed by atoms with Gasteiger partial charge in [0.2, 0.25) is 0 Å². The molecule has 1 heterocycles. The first-order chi connectivity index (χ1) is 11.1. The highest BCUT2D eigenvalue weighted by atomic mass is 16.5. The van der Waals surface area contributed by atoms with Crippen molar-refractivity contribution in [3.63, 3.8) is 0 Å². The van der Waals surface area contributed by atoms with Gasteiger partial charge in [-0.05, 0) is 25.0 Å². The molecule has 3 N–H and O–H groups in total. The van der Waals surface area contributed by atoms with Gasteiger partial charge in [-0.1, -0.05) is 25.3 Å². The lowest BCUT2D eigenvalue weighted by atomic mass is 9.81. The molecule has 0 spiro atoms. The van der Waals surface area contributed by atoms with Gasteiger partial charge in [0, 0.05) is 24.2 Å². The Morgan fingerprint density at radius 2 is 2.00 bits per heavy atom. The Balaban J connectivity index is 1.79. The molecule has 1 saturated carbocycles. The van der Waals surface area contributed by atoms with E-state index in [4.69, 9.17) is 4.74 Å². The number of carbonyl (C=O) groups is 2. The Morgan fingerprint density at radius 3 is 2.74 bits per heavy atom. The second-order valence-electron chi connectivity index (χ2n) is 6.25. The predicted molar refractivity (Wildman–Crippen MR) is 84.6 cm³/mol. The molecule has 0 saturated heterocycles. The molecule has 1 aliphatic heterocycles. The van der Waals surface area contributed by atoms with E-state index in [2.05, 4.69) is 10.6 Å². The summed E-state index contributed by atoms with van der Waals surface area (Å²) < 4.78 is 5.64. The van der Waals surface area contributed by atoms with Gasteiger partial charge in [0.15, 0.2) is 0 Å². The molecule has 1 fully saturated rings. The molecule has 6 heteroatoms. The average Bonchev–Trinajstić information content (AvgIpc) is 2.80. The second kappa shape index (κ2) is 6.58. The lowest BCUT2D eigenvalue weighted by Crippen LogP contribution is -2.55. The summed E-state index contributed by atoms with van der Waals surface area (Å²) in [5.41, 5.74) is 0.311. The zero-order chi connectivity index (χ0) is 16.3. The molecule has 2 aliphatic rings. The topological polar surface area (TPSA) is 87.7 Å². The van der Waals surface area contributed by atoms with Crippen LogP contribution in [0.15, 0.2) is 18.2 Å². The van der Waals surface area contributed by atoms with Gasteiger partial charge in [-0.15, -0.1) is 0 Å². The Hall–Kier alpha value is -2.08. The van der Waals surface area contributed by atoms with Crippen molar-refractivity contribution in [3.05, 3.63) is 29.3 Å². The van der Waals surface area contributed by atoms with Gasteiger partial charge in [0.1, 0.15) is 17.9 Å². The van der Waals surface area contributed by atoms with Crippen LogP contribution in [-0.2, 0) is 11.3 Å². The van der Waals surface area contributed by atoms with Crippen molar-refractivity contribution in [2.75, 3.05) is 13.2 Å². The van der Waals surface area contributed by atoms with Crippen LogP contribution in [-0.4, -0.2) is 35.7 Å². The molecule has 0 unspecified atom stereocenters. The van der Waals surface area contributed by atoms with E-state index in [1.54, 1.807) is 12.1 Å². The smallest absolute Gasteiger partial charge is 0.329 e. The zero-order valence-corrected chi connectivity index (χ0v) is 13.1. The first kappa shape index (κ1) is 15.8. The lowest BCUT2D eigenvalue weighted by molar-refractivity contribution is -0.145. The number of carboxylic acids is 1. The van der Waals surface area contributed by atoms with Gasteiger partial charge in [-0.25, -0.2) is 4.79 Å². The number of ether oxygens (including phenoxy) is 1. The van der Waals surface area contributed by atoms with Gasteiger partial charge >= 0.3 is 5.97 Å². The maximum absolute atomic E-state index is 12.5. The van der Waals surface area contributed by atoms with Crippen LogP contribution in [0.1, 0.15) is 48.0 Å². The minimum Gasteiger partial charge on any atom is -0.492 e. The Morgan fingerprint density at radius 1 is 1.22 bits per heavy atom. The molecule has 0 aromatic heterocycles. The van der Waals surface area contributed by atoms with Gasteiger partial charge < -0.3 is 20.5 Å². The maximum Gasteiger partial charge on any atom is 0.329 e. The molecule has 6 nitrogen and oxygen atoms in total.